The van der Waals surface area contributed by atoms with Crippen molar-refractivity contribution >= 4 is 5.91 Å². The quantitative estimate of drug-likeness (QED) is 0.779. The van der Waals surface area contributed by atoms with Crippen LogP contribution in [0.25, 0.3) is 11.3 Å². The van der Waals surface area contributed by atoms with Gasteiger partial charge in [0.05, 0.1) is 5.69 Å². The van der Waals surface area contributed by atoms with E-state index < -0.39 is 5.54 Å². The van der Waals surface area contributed by atoms with E-state index in [2.05, 4.69) is 15.5 Å². The summed E-state index contributed by atoms with van der Waals surface area (Å²) in [7, 11) is 0. The Morgan fingerprint density at radius 1 is 1.35 bits per heavy atom. The number of nitrogens with one attached hydrogen (secondary N) is 2. The second-order valence-corrected chi connectivity index (χ2v) is 5.34. The molecule has 0 aliphatic heterocycles. The van der Waals surface area contributed by atoms with E-state index in [1.165, 1.54) is 0 Å². The molecule has 0 radical (unpaired) electrons. The summed E-state index contributed by atoms with van der Waals surface area (Å²) < 4.78 is 0. The topological polar surface area (TPSA) is 78.0 Å². The maximum Gasteiger partial charge on any atom is 0.269 e. The van der Waals surface area contributed by atoms with E-state index >= 15 is 0 Å². The molecule has 0 spiro atoms. The Morgan fingerprint density at radius 2 is 2.05 bits per heavy atom. The highest BCUT2D eigenvalue weighted by molar-refractivity contribution is 5.93. The third-order valence-electron chi connectivity index (χ3n) is 3.08. The largest absolute Gasteiger partial charge is 0.396 e. The zero-order valence-corrected chi connectivity index (χ0v) is 11.7. The molecule has 1 heterocycles. The van der Waals surface area contributed by atoms with E-state index in [4.69, 9.17) is 5.11 Å². The second-order valence-electron chi connectivity index (χ2n) is 5.34. The monoisotopic (exact) mass is 273 g/mol. The van der Waals surface area contributed by atoms with Crippen LogP contribution in [0.4, 0.5) is 0 Å². The van der Waals surface area contributed by atoms with Crippen molar-refractivity contribution in [3.05, 3.63) is 42.1 Å². The fourth-order valence-corrected chi connectivity index (χ4v) is 1.91. The number of aliphatic hydroxyl groups excluding tert-OH is 1. The zero-order valence-electron chi connectivity index (χ0n) is 11.7. The van der Waals surface area contributed by atoms with Crippen LogP contribution in [0.1, 0.15) is 30.8 Å². The Hall–Kier alpha value is -2.14. The highest BCUT2D eigenvalue weighted by atomic mass is 16.3. The lowest BCUT2D eigenvalue weighted by molar-refractivity contribution is 0.0894. The van der Waals surface area contributed by atoms with Crippen LogP contribution in [-0.4, -0.2) is 33.4 Å². The molecule has 0 saturated carbocycles. The van der Waals surface area contributed by atoms with E-state index in [9.17, 15) is 4.79 Å². The number of aromatic nitrogens is 2. The summed E-state index contributed by atoms with van der Waals surface area (Å²) in [6.07, 6.45) is 0.498. The average Bonchev–Trinajstić information content (AvgIpc) is 2.88. The molecule has 2 aromatic rings. The van der Waals surface area contributed by atoms with Crippen LogP contribution in [0.3, 0.4) is 0 Å². The van der Waals surface area contributed by atoms with Crippen molar-refractivity contribution in [2.75, 3.05) is 6.61 Å². The second kappa shape index (κ2) is 5.88. The Bertz CT molecular complexity index is 576. The van der Waals surface area contributed by atoms with Crippen molar-refractivity contribution < 1.29 is 9.90 Å². The predicted molar refractivity (Wildman–Crippen MR) is 77.3 cm³/mol. The van der Waals surface area contributed by atoms with Crippen LogP contribution in [0.15, 0.2) is 36.4 Å². The first-order valence-electron chi connectivity index (χ1n) is 6.56. The molecule has 0 aliphatic rings. The lowest BCUT2D eigenvalue weighted by Gasteiger charge is -2.24. The average molecular weight is 273 g/mol. The number of nitrogens with zero attached hydrogens (tertiary/aromatic N) is 1. The number of hydrogen-bond donors (Lipinski definition) is 3. The highest BCUT2D eigenvalue weighted by Gasteiger charge is 2.21. The zero-order chi connectivity index (χ0) is 14.6. The predicted octanol–water partition coefficient (Wildman–Crippen LogP) is 1.97. The van der Waals surface area contributed by atoms with Crippen LogP contribution >= 0.6 is 0 Å². The number of aromatic amines is 1. The number of H-pyrrole nitrogens is 1. The van der Waals surface area contributed by atoms with Gasteiger partial charge < -0.3 is 10.4 Å². The number of carbonyl (C=O) groups excluding carboxylic acids is 1. The van der Waals surface area contributed by atoms with Crippen LogP contribution in [0.2, 0.25) is 0 Å². The normalized spacial score (nSPS) is 11.3. The van der Waals surface area contributed by atoms with E-state index in [1.54, 1.807) is 6.07 Å². The first kappa shape index (κ1) is 14.3. The fourth-order valence-electron chi connectivity index (χ4n) is 1.91. The standard InChI is InChI=1S/C15H19N3O2/c1-15(2,8-9-19)16-14(20)13-10-12(17-18-13)11-6-4-3-5-7-11/h3-7,10,19H,8-9H2,1-2H3,(H,16,20)(H,17,18). The summed E-state index contributed by atoms with van der Waals surface area (Å²) in [6.45, 7) is 3.77. The molecule has 20 heavy (non-hydrogen) atoms. The van der Waals surface area contributed by atoms with Crippen molar-refractivity contribution in [2.45, 2.75) is 25.8 Å². The van der Waals surface area contributed by atoms with Crippen molar-refractivity contribution in [1.29, 1.82) is 0 Å². The number of aliphatic hydroxyl groups is 1. The van der Waals surface area contributed by atoms with E-state index in [1.807, 2.05) is 44.2 Å². The summed E-state index contributed by atoms with van der Waals surface area (Å²) in [5.74, 6) is -0.224. The minimum Gasteiger partial charge on any atom is -0.396 e. The van der Waals surface area contributed by atoms with E-state index in [0.29, 0.717) is 12.1 Å². The lowest BCUT2D eigenvalue weighted by Crippen LogP contribution is -2.44. The van der Waals surface area contributed by atoms with Gasteiger partial charge in [-0.25, -0.2) is 0 Å². The summed E-state index contributed by atoms with van der Waals surface area (Å²) in [6, 6.07) is 11.4. The van der Waals surface area contributed by atoms with Gasteiger partial charge >= 0.3 is 0 Å². The molecule has 0 bridgehead atoms. The van der Waals surface area contributed by atoms with Gasteiger partial charge in [-0.05, 0) is 26.3 Å². The summed E-state index contributed by atoms with van der Waals surface area (Å²) in [4.78, 5) is 12.1. The maximum absolute atomic E-state index is 12.1. The Kier molecular flexibility index (Phi) is 4.20. The molecule has 3 N–H and O–H groups in total. The van der Waals surface area contributed by atoms with E-state index in [0.717, 1.165) is 11.3 Å². The van der Waals surface area contributed by atoms with Crippen molar-refractivity contribution in [1.82, 2.24) is 15.5 Å². The molecule has 0 fully saturated rings. The van der Waals surface area contributed by atoms with Gasteiger partial charge in [-0.3, -0.25) is 9.89 Å². The van der Waals surface area contributed by atoms with Gasteiger partial charge in [0.25, 0.3) is 5.91 Å². The van der Waals surface area contributed by atoms with Gasteiger partial charge in [-0.1, -0.05) is 30.3 Å². The third kappa shape index (κ3) is 3.45. The minimum atomic E-state index is -0.455. The number of carbonyl (C=O) groups is 1. The van der Waals surface area contributed by atoms with Gasteiger partial charge in [0.15, 0.2) is 0 Å². The van der Waals surface area contributed by atoms with Gasteiger partial charge in [-0.15, -0.1) is 0 Å². The highest BCUT2D eigenvalue weighted by Crippen LogP contribution is 2.17. The molecule has 1 aromatic heterocycles. The lowest BCUT2D eigenvalue weighted by atomic mass is 10.0. The molecule has 1 amide bonds. The van der Waals surface area contributed by atoms with Gasteiger partial charge in [-0.2, -0.15) is 5.10 Å². The Labute approximate surface area is 118 Å². The van der Waals surface area contributed by atoms with Crippen molar-refractivity contribution in [3.63, 3.8) is 0 Å². The van der Waals surface area contributed by atoms with Crippen LogP contribution in [0.5, 0.6) is 0 Å². The fraction of sp³-hybridized carbons (Fsp3) is 0.333. The molecule has 5 nitrogen and oxygen atoms in total. The first-order valence-corrected chi connectivity index (χ1v) is 6.56. The molecular weight excluding hydrogens is 254 g/mol. The van der Waals surface area contributed by atoms with Crippen LogP contribution in [-0.2, 0) is 0 Å². The van der Waals surface area contributed by atoms with Crippen molar-refractivity contribution in [2.24, 2.45) is 0 Å². The first-order chi connectivity index (χ1) is 9.52. The van der Waals surface area contributed by atoms with Gasteiger partial charge in [0.1, 0.15) is 5.69 Å². The summed E-state index contributed by atoms with van der Waals surface area (Å²) in [5, 5.41) is 18.7. The Balaban J connectivity index is 2.11. The van der Waals surface area contributed by atoms with Crippen LogP contribution < -0.4 is 5.32 Å². The van der Waals surface area contributed by atoms with Crippen LogP contribution in [0, 0.1) is 0 Å². The number of benzene rings is 1. The molecule has 0 saturated heterocycles. The molecule has 0 atom stereocenters. The number of rotatable bonds is 5. The Morgan fingerprint density at radius 3 is 2.70 bits per heavy atom. The van der Waals surface area contributed by atoms with Gasteiger partial charge in [0.2, 0.25) is 0 Å². The molecule has 0 aliphatic carbocycles. The minimum absolute atomic E-state index is 0.0333. The van der Waals surface area contributed by atoms with E-state index in [-0.39, 0.29) is 12.5 Å². The molecule has 2 rings (SSSR count). The molecule has 0 unspecified atom stereocenters. The number of amides is 1. The number of hydrogen-bond acceptors (Lipinski definition) is 3. The SMILES string of the molecule is CC(C)(CCO)NC(=O)c1cc(-c2ccccc2)n[nH]1. The van der Waals surface area contributed by atoms with Gasteiger partial charge in [0, 0.05) is 17.7 Å². The smallest absolute Gasteiger partial charge is 0.269 e. The maximum atomic E-state index is 12.1. The molecular formula is C15H19N3O2. The molecule has 5 heteroatoms. The van der Waals surface area contributed by atoms with Crippen molar-refractivity contribution in [3.8, 4) is 11.3 Å². The third-order valence-corrected chi connectivity index (χ3v) is 3.08. The molecule has 1 aromatic carbocycles. The summed E-state index contributed by atoms with van der Waals surface area (Å²) in [5.41, 5.74) is 1.65. The summed E-state index contributed by atoms with van der Waals surface area (Å²) >= 11 is 0. The molecule has 106 valence electrons.